The number of nitrogens with two attached hydrogens (primary N) is 1. The number of unbranched alkanes of at least 4 members (excludes halogenated alkanes) is 1. The third kappa shape index (κ3) is 10.3. The lowest BCUT2D eigenvalue weighted by Crippen LogP contribution is -2.59. The second-order valence-electron chi connectivity index (χ2n) is 13.5. The molecule has 2 aromatic rings. The zero-order valence-electron chi connectivity index (χ0n) is 28.0. The second kappa shape index (κ2) is 17.4. The van der Waals surface area contributed by atoms with Gasteiger partial charge in [0.05, 0.1) is 6.04 Å². The molecule has 47 heavy (non-hydrogen) atoms. The minimum absolute atomic E-state index is 0.0647. The van der Waals surface area contributed by atoms with E-state index in [9.17, 15) is 19.2 Å². The van der Waals surface area contributed by atoms with Crippen LogP contribution in [-0.4, -0.2) is 96.4 Å². The number of rotatable bonds is 17. The van der Waals surface area contributed by atoms with Crippen LogP contribution in [0.3, 0.4) is 0 Å². The van der Waals surface area contributed by atoms with Crippen LogP contribution in [0.25, 0.3) is 5.73 Å². The summed E-state index contributed by atoms with van der Waals surface area (Å²) in [5.74, 6) is -1.41. The number of nitrogens with one attached hydrogen (secondary N) is 4. The van der Waals surface area contributed by atoms with E-state index in [0.29, 0.717) is 44.7 Å². The van der Waals surface area contributed by atoms with Gasteiger partial charge >= 0.3 is 0 Å². The maximum Gasteiger partial charge on any atom is 0.245 e. The van der Waals surface area contributed by atoms with E-state index in [1.165, 1.54) is 0 Å². The fourth-order valence-electron chi connectivity index (χ4n) is 6.61. The summed E-state index contributed by atoms with van der Waals surface area (Å²) in [6, 6.07) is 15.8. The van der Waals surface area contributed by atoms with E-state index in [2.05, 4.69) is 27.9 Å². The molecule has 0 aromatic heterocycles. The van der Waals surface area contributed by atoms with Gasteiger partial charge in [-0.25, -0.2) is 0 Å². The van der Waals surface area contributed by atoms with Crippen LogP contribution < -0.4 is 21.7 Å². The Bertz CT molecular complexity index is 1320. The third-order valence-corrected chi connectivity index (χ3v) is 9.22. The van der Waals surface area contributed by atoms with Gasteiger partial charge in [0.2, 0.25) is 23.6 Å². The van der Waals surface area contributed by atoms with Gasteiger partial charge in [-0.15, -0.1) is 0 Å². The van der Waals surface area contributed by atoms with Gasteiger partial charge in [-0.05, 0) is 49.8 Å². The Morgan fingerprint density at radius 2 is 1.36 bits per heavy atom. The van der Waals surface area contributed by atoms with Crippen molar-refractivity contribution in [1.82, 2.24) is 25.8 Å². The number of nitrogens with zero attached hydrogens (tertiary/aromatic N) is 2. The van der Waals surface area contributed by atoms with Crippen molar-refractivity contribution >= 4 is 23.6 Å². The van der Waals surface area contributed by atoms with Crippen LogP contribution in [0.5, 0.6) is 0 Å². The molecule has 0 saturated carbocycles. The highest BCUT2D eigenvalue weighted by Gasteiger charge is 2.45. The van der Waals surface area contributed by atoms with Gasteiger partial charge in [0.1, 0.15) is 18.1 Å². The Hall–Kier alpha value is -3.80. The zero-order valence-corrected chi connectivity index (χ0v) is 28.0. The molecule has 11 nitrogen and oxygen atoms in total. The lowest BCUT2D eigenvalue weighted by atomic mass is 9.99. The van der Waals surface area contributed by atoms with Gasteiger partial charge in [0, 0.05) is 31.6 Å². The highest BCUT2D eigenvalue weighted by molar-refractivity contribution is 5.95. The fourth-order valence-corrected chi connectivity index (χ4v) is 6.61. The molecule has 2 saturated heterocycles. The van der Waals surface area contributed by atoms with Crippen molar-refractivity contribution in [2.75, 3.05) is 26.7 Å². The number of piperazine rings is 1. The van der Waals surface area contributed by atoms with Crippen LogP contribution in [0.2, 0.25) is 0 Å². The molecule has 2 aromatic carbocycles. The van der Waals surface area contributed by atoms with Crippen LogP contribution in [0, 0.1) is 5.92 Å². The molecule has 0 radical (unpaired) electrons. The van der Waals surface area contributed by atoms with Gasteiger partial charge in [0.15, 0.2) is 0 Å². The standard InChI is InChI=1S/C36H52N7O4/c1-24(2)18-31(34(45)39-30(16-10-11-17-37)36(47)43-23-27-21-28(43)22-42(27)3)41-35(46)32(20-26-14-8-5-9-15-26)40-33(44)29(38)19-25-12-6-4-7-13-25/h4-9,12-15,24,27-32,37H,10-11,16-23,38H2,1-3H3,(H,39,45)(H,40,44)(H,41,46)/q-1. The van der Waals surface area contributed by atoms with Gasteiger partial charge in [-0.1, -0.05) is 87.4 Å². The molecule has 4 amide bonds. The molecule has 256 valence electrons. The average molecular weight is 647 g/mol. The molecule has 6 unspecified atom stereocenters. The fraction of sp³-hybridized carbons (Fsp3) is 0.556. The van der Waals surface area contributed by atoms with Crippen LogP contribution in [-0.2, 0) is 32.0 Å². The molecule has 11 heteroatoms. The molecule has 2 aliphatic rings. The van der Waals surface area contributed by atoms with E-state index in [1.807, 2.05) is 79.4 Å². The molecule has 0 spiro atoms. The van der Waals surface area contributed by atoms with Crippen molar-refractivity contribution in [3.63, 3.8) is 0 Å². The SMILES string of the molecule is CC(C)CC(NC(=O)C(Cc1ccccc1)NC(=O)C(N)Cc1ccccc1)C(=O)NC(CCCC[NH-])C(=O)N1CC2CC1CN2C. The predicted molar refractivity (Wildman–Crippen MR) is 183 cm³/mol. The van der Waals surface area contributed by atoms with Gasteiger partial charge in [-0.3, -0.25) is 24.1 Å². The molecule has 6 N–H and O–H groups in total. The zero-order chi connectivity index (χ0) is 33.9. The van der Waals surface area contributed by atoms with E-state index in [-0.39, 0.29) is 30.8 Å². The number of hydrogen-bond donors (Lipinski definition) is 4. The first kappa shape index (κ1) is 36.0. The second-order valence-corrected chi connectivity index (χ2v) is 13.5. The quantitative estimate of drug-likeness (QED) is 0.193. The number of likely N-dealkylation sites (N-methyl/N-ethyl adjacent to an activating group) is 1. The summed E-state index contributed by atoms with van der Waals surface area (Å²) < 4.78 is 0. The summed E-state index contributed by atoms with van der Waals surface area (Å²) in [4.78, 5) is 58.9. The maximum atomic E-state index is 13.9. The lowest BCUT2D eigenvalue weighted by molar-refractivity contribution is -0.139. The molecule has 2 bridgehead atoms. The van der Waals surface area contributed by atoms with E-state index in [1.54, 1.807) is 0 Å². The summed E-state index contributed by atoms with van der Waals surface area (Å²) in [5.41, 5.74) is 15.6. The first-order valence-corrected chi connectivity index (χ1v) is 17.0. The molecule has 2 aliphatic heterocycles. The summed E-state index contributed by atoms with van der Waals surface area (Å²) in [6.07, 6.45) is 3.52. The average Bonchev–Trinajstić information content (AvgIpc) is 3.64. The Balaban J connectivity index is 1.47. The number of carbonyl (C=O) groups is 4. The Kier molecular flexibility index (Phi) is 13.3. The number of hydrogen-bond acceptors (Lipinski definition) is 6. The summed E-state index contributed by atoms with van der Waals surface area (Å²) >= 11 is 0. The van der Waals surface area contributed by atoms with E-state index < -0.39 is 41.9 Å². The van der Waals surface area contributed by atoms with Crippen molar-refractivity contribution in [3.8, 4) is 0 Å². The summed E-state index contributed by atoms with van der Waals surface area (Å²) in [6.45, 7) is 5.65. The van der Waals surface area contributed by atoms with E-state index >= 15 is 0 Å². The Morgan fingerprint density at radius 1 is 0.787 bits per heavy atom. The first-order chi connectivity index (χ1) is 22.5. The van der Waals surface area contributed by atoms with Crippen molar-refractivity contribution < 1.29 is 19.2 Å². The number of carbonyl (C=O) groups excluding carboxylic acids is 4. The van der Waals surface area contributed by atoms with Gasteiger partial charge in [0.25, 0.3) is 0 Å². The molecule has 4 rings (SSSR count). The normalized spacial score (nSPS) is 20.0. The molecular formula is C36H52N7O4-. The monoisotopic (exact) mass is 646 g/mol. The number of fused-ring (bicyclic) bond motifs is 2. The minimum Gasteiger partial charge on any atom is -0.677 e. The lowest BCUT2D eigenvalue weighted by Gasteiger charge is -2.35. The molecule has 6 atom stereocenters. The number of amides is 4. The van der Waals surface area contributed by atoms with E-state index in [0.717, 1.165) is 24.1 Å². The third-order valence-electron chi connectivity index (χ3n) is 9.22. The van der Waals surface area contributed by atoms with Crippen LogP contribution >= 0.6 is 0 Å². The van der Waals surface area contributed by atoms with Crippen molar-refractivity contribution in [2.45, 2.75) is 95.0 Å². The Morgan fingerprint density at radius 3 is 1.91 bits per heavy atom. The molecule has 2 fully saturated rings. The molecule has 2 heterocycles. The Labute approximate surface area is 279 Å². The predicted octanol–water partition coefficient (Wildman–Crippen LogP) is 2.44. The largest absolute Gasteiger partial charge is 0.677 e. The van der Waals surface area contributed by atoms with Gasteiger partial charge < -0.3 is 32.3 Å². The summed E-state index contributed by atoms with van der Waals surface area (Å²) in [5, 5.41) is 8.73. The molecular weight excluding hydrogens is 594 g/mol. The smallest absolute Gasteiger partial charge is 0.245 e. The topological polar surface area (TPSA) is 161 Å². The number of benzene rings is 2. The highest BCUT2D eigenvalue weighted by Crippen LogP contribution is 2.30. The number of likely N-dealkylation sites (tertiary alicyclic amines) is 2. The highest BCUT2D eigenvalue weighted by atomic mass is 16.2. The van der Waals surface area contributed by atoms with Crippen LogP contribution in [0.1, 0.15) is 57.1 Å². The maximum absolute atomic E-state index is 13.9. The summed E-state index contributed by atoms with van der Waals surface area (Å²) in [7, 11) is 2.07. The van der Waals surface area contributed by atoms with Gasteiger partial charge in [-0.2, -0.15) is 6.54 Å². The first-order valence-electron chi connectivity index (χ1n) is 17.0. The molecule has 0 aliphatic carbocycles. The minimum atomic E-state index is -0.971. The van der Waals surface area contributed by atoms with Crippen molar-refractivity contribution in [2.24, 2.45) is 11.7 Å². The van der Waals surface area contributed by atoms with Crippen LogP contribution in [0.4, 0.5) is 0 Å². The van der Waals surface area contributed by atoms with Crippen molar-refractivity contribution in [1.29, 1.82) is 0 Å². The van der Waals surface area contributed by atoms with Crippen molar-refractivity contribution in [3.05, 3.63) is 77.5 Å². The van der Waals surface area contributed by atoms with E-state index in [4.69, 9.17) is 11.5 Å². The van der Waals surface area contributed by atoms with Crippen LogP contribution in [0.15, 0.2) is 60.7 Å².